The Labute approximate surface area is 128 Å². The fourth-order valence-corrected chi connectivity index (χ4v) is 3.25. The SMILES string of the molecule is Brc1cnc(C2CCCCN2CC2=CCNCC2)nc1. The van der Waals surface area contributed by atoms with Crippen LogP contribution in [0.5, 0.6) is 0 Å². The van der Waals surface area contributed by atoms with Crippen molar-refractivity contribution in [2.75, 3.05) is 26.2 Å². The molecule has 0 aromatic carbocycles. The fourth-order valence-electron chi connectivity index (χ4n) is 3.04. The maximum atomic E-state index is 4.51. The molecule has 1 unspecified atom stereocenters. The zero-order valence-corrected chi connectivity index (χ0v) is 13.3. The molecule has 3 rings (SSSR count). The zero-order valence-electron chi connectivity index (χ0n) is 11.7. The van der Waals surface area contributed by atoms with Gasteiger partial charge in [-0.05, 0) is 48.3 Å². The van der Waals surface area contributed by atoms with Gasteiger partial charge >= 0.3 is 0 Å². The van der Waals surface area contributed by atoms with Crippen molar-refractivity contribution in [3.8, 4) is 0 Å². The summed E-state index contributed by atoms with van der Waals surface area (Å²) in [4.78, 5) is 11.6. The standard InChI is InChI=1S/C15H21BrN4/c16-13-9-18-15(19-10-13)14-3-1-2-8-20(14)11-12-4-6-17-7-5-12/h4,9-10,14,17H,1-3,5-8,11H2. The number of nitrogens with one attached hydrogen (secondary N) is 1. The third-order valence-corrected chi connectivity index (χ3v) is 4.53. The molecule has 5 heteroatoms. The maximum absolute atomic E-state index is 4.51. The minimum Gasteiger partial charge on any atom is -0.313 e. The van der Waals surface area contributed by atoms with Crippen LogP contribution in [0.3, 0.4) is 0 Å². The number of hydrogen-bond acceptors (Lipinski definition) is 4. The molecule has 2 aliphatic rings. The van der Waals surface area contributed by atoms with Crippen molar-refractivity contribution in [1.29, 1.82) is 0 Å². The number of piperidine rings is 1. The highest BCUT2D eigenvalue weighted by Gasteiger charge is 2.26. The summed E-state index contributed by atoms with van der Waals surface area (Å²) in [5.41, 5.74) is 1.56. The third kappa shape index (κ3) is 3.45. The van der Waals surface area contributed by atoms with Gasteiger partial charge in [0.1, 0.15) is 5.82 Å². The van der Waals surface area contributed by atoms with Crippen LogP contribution in [-0.2, 0) is 0 Å². The third-order valence-electron chi connectivity index (χ3n) is 4.12. The van der Waals surface area contributed by atoms with Crippen LogP contribution in [0.15, 0.2) is 28.5 Å². The Morgan fingerprint density at radius 2 is 2.15 bits per heavy atom. The van der Waals surface area contributed by atoms with Crippen LogP contribution in [0.4, 0.5) is 0 Å². The van der Waals surface area contributed by atoms with Gasteiger partial charge in [0.15, 0.2) is 0 Å². The first-order valence-corrected chi connectivity index (χ1v) is 8.22. The van der Waals surface area contributed by atoms with E-state index in [1.807, 2.05) is 12.4 Å². The summed E-state index contributed by atoms with van der Waals surface area (Å²) in [7, 11) is 0. The average Bonchev–Trinajstić information content (AvgIpc) is 2.50. The molecule has 1 fully saturated rings. The predicted octanol–water partition coefficient (Wildman–Crippen LogP) is 2.69. The summed E-state index contributed by atoms with van der Waals surface area (Å²) in [6.45, 7) is 4.36. The molecular weight excluding hydrogens is 316 g/mol. The first-order valence-electron chi connectivity index (χ1n) is 7.43. The summed E-state index contributed by atoms with van der Waals surface area (Å²) >= 11 is 3.41. The minimum atomic E-state index is 0.382. The molecule has 1 saturated heterocycles. The van der Waals surface area contributed by atoms with Crippen molar-refractivity contribution in [1.82, 2.24) is 20.2 Å². The Hall–Kier alpha value is -0.780. The van der Waals surface area contributed by atoms with E-state index in [4.69, 9.17) is 0 Å². The lowest BCUT2D eigenvalue weighted by Crippen LogP contribution is -2.37. The molecule has 0 saturated carbocycles. The molecule has 4 nitrogen and oxygen atoms in total. The Balaban J connectivity index is 1.73. The molecule has 108 valence electrons. The van der Waals surface area contributed by atoms with Gasteiger partial charge in [0, 0.05) is 25.5 Å². The van der Waals surface area contributed by atoms with Crippen molar-refractivity contribution in [3.63, 3.8) is 0 Å². The Morgan fingerprint density at radius 1 is 1.30 bits per heavy atom. The number of rotatable bonds is 3. The molecule has 1 aromatic heterocycles. The van der Waals surface area contributed by atoms with Crippen molar-refractivity contribution < 1.29 is 0 Å². The molecule has 3 heterocycles. The van der Waals surface area contributed by atoms with Gasteiger partial charge in [-0.3, -0.25) is 4.90 Å². The monoisotopic (exact) mass is 336 g/mol. The smallest absolute Gasteiger partial charge is 0.145 e. The van der Waals surface area contributed by atoms with Gasteiger partial charge in [-0.25, -0.2) is 9.97 Å². The summed E-state index contributed by atoms with van der Waals surface area (Å²) in [5.74, 6) is 0.974. The van der Waals surface area contributed by atoms with E-state index in [0.717, 1.165) is 36.5 Å². The van der Waals surface area contributed by atoms with Crippen LogP contribution in [0.2, 0.25) is 0 Å². The largest absolute Gasteiger partial charge is 0.313 e. The van der Waals surface area contributed by atoms with Crippen LogP contribution in [0.1, 0.15) is 37.5 Å². The molecule has 1 atom stereocenters. The number of aromatic nitrogens is 2. The highest BCUT2D eigenvalue weighted by Crippen LogP contribution is 2.30. The lowest BCUT2D eigenvalue weighted by atomic mass is 9.99. The molecule has 0 amide bonds. The van der Waals surface area contributed by atoms with Crippen LogP contribution in [0, 0.1) is 0 Å². The Morgan fingerprint density at radius 3 is 2.90 bits per heavy atom. The second-order valence-corrected chi connectivity index (χ2v) is 6.47. The Kier molecular flexibility index (Phi) is 4.81. The van der Waals surface area contributed by atoms with Crippen LogP contribution in [0.25, 0.3) is 0 Å². The normalized spacial score (nSPS) is 24.4. The number of likely N-dealkylation sites (tertiary alicyclic amines) is 1. The summed E-state index contributed by atoms with van der Waals surface area (Å²) in [6, 6.07) is 0.382. The molecule has 1 aromatic rings. The van der Waals surface area contributed by atoms with Gasteiger partial charge in [-0.1, -0.05) is 18.1 Å². The van der Waals surface area contributed by atoms with E-state index in [-0.39, 0.29) is 0 Å². The highest BCUT2D eigenvalue weighted by atomic mass is 79.9. The van der Waals surface area contributed by atoms with E-state index in [1.165, 1.54) is 25.7 Å². The second kappa shape index (κ2) is 6.78. The highest BCUT2D eigenvalue weighted by molar-refractivity contribution is 9.10. The minimum absolute atomic E-state index is 0.382. The van der Waals surface area contributed by atoms with Crippen LogP contribution < -0.4 is 5.32 Å². The van der Waals surface area contributed by atoms with Gasteiger partial charge in [0.05, 0.1) is 10.5 Å². The van der Waals surface area contributed by atoms with Crippen molar-refractivity contribution in [2.45, 2.75) is 31.7 Å². The Bertz CT molecular complexity index is 471. The lowest BCUT2D eigenvalue weighted by molar-refractivity contribution is 0.153. The topological polar surface area (TPSA) is 41.1 Å². The van der Waals surface area contributed by atoms with E-state index in [2.05, 4.69) is 42.2 Å². The summed E-state index contributed by atoms with van der Waals surface area (Å²) in [6.07, 6.45) is 11.0. The van der Waals surface area contributed by atoms with Crippen LogP contribution >= 0.6 is 15.9 Å². The first kappa shape index (κ1) is 14.2. The van der Waals surface area contributed by atoms with Crippen molar-refractivity contribution >= 4 is 15.9 Å². The molecule has 2 aliphatic heterocycles. The number of halogens is 1. The van der Waals surface area contributed by atoms with E-state index < -0.39 is 0 Å². The summed E-state index contributed by atoms with van der Waals surface area (Å²) < 4.78 is 0.949. The number of hydrogen-bond donors (Lipinski definition) is 1. The number of nitrogens with zero attached hydrogens (tertiary/aromatic N) is 3. The van der Waals surface area contributed by atoms with E-state index in [0.29, 0.717) is 6.04 Å². The zero-order chi connectivity index (χ0) is 13.8. The van der Waals surface area contributed by atoms with E-state index >= 15 is 0 Å². The predicted molar refractivity (Wildman–Crippen MR) is 83.5 cm³/mol. The van der Waals surface area contributed by atoms with Gasteiger partial charge < -0.3 is 5.32 Å². The average molecular weight is 337 g/mol. The molecule has 0 spiro atoms. The van der Waals surface area contributed by atoms with E-state index in [9.17, 15) is 0 Å². The molecule has 20 heavy (non-hydrogen) atoms. The molecular formula is C15H21BrN4. The van der Waals surface area contributed by atoms with Crippen LogP contribution in [-0.4, -0.2) is 41.0 Å². The van der Waals surface area contributed by atoms with Gasteiger partial charge in [-0.2, -0.15) is 0 Å². The molecule has 0 aliphatic carbocycles. The molecule has 0 bridgehead atoms. The van der Waals surface area contributed by atoms with Gasteiger partial charge in [0.2, 0.25) is 0 Å². The quantitative estimate of drug-likeness (QED) is 0.861. The molecule has 0 radical (unpaired) electrons. The second-order valence-electron chi connectivity index (χ2n) is 5.56. The first-order chi connectivity index (χ1) is 9.83. The fraction of sp³-hybridized carbons (Fsp3) is 0.600. The van der Waals surface area contributed by atoms with Gasteiger partial charge in [-0.15, -0.1) is 0 Å². The lowest BCUT2D eigenvalue weighted by Gasteiger charge is -2.35. The van der Waals surface area contributed by atoms with Gasteiger partial charge in [0.25, 0.3) is 0 Å². The molecule has 1 N–H and O–H groups in total. The summed E-state index contributed by atoms with van der Waals surface area (Å²) in [5, 5.41) is 3.38. The van der Waals surface area contributed by atoms with Crippen molar-refractivity contribution in [2.24, 2.45) is 0 Å². The van der Waals surface area contributed by atoms with Crippen molar-refractivity contribution in [3.05, 3.63) is 34.3 Å². The maximum Gasteiger partial charge on any atom is 0.145 e. The van der Waals surface area contributed by atoms with E-state index in [1.54, 1.807) is 5.57 Å².